The van der Waals surface area contributed by atoms with Crippen molar-refractivity contribution in [2.45, 2.75) is 19.8 Å². The van der Waals surface area contributed by atoms with Gasteiger partial charge in [-0.05, 0) is 75.4 Å². The molecule has 0 heterocycles. The lowest BCUT2D eigenvalue weighted by atomic mass is 9.71. The number of aryl methyl sites for hydroxylation is 1. The van der Waals surface area contributed by atoms with Crippen molar-refractivity contribution in [3.8, 4) is 0 Å². The van der Waals surface area contributed by atoms with Crippen LogP contribution in [-0.2, 0) is 0 Å². The quantitative estimate of drug-likeness (QED) is 0.375. The Morgan fingerprint density at radius 3 is 2.37 bits per heavy atom. The summed E-state index contributed by atoms with van der Waals surface area (Å²) in [5.41, 5.74) is 8.26. The molecule has 0 aromatic heterocycles. The van der Waals surface area contributed by atoms with Gasteiger partial charge in [0, 0.05) is 11.8 Å². The lowest BCUT2D eigenvalue weighted by Crippen LogP contribution is -2.16. The van der Waals surface area contributed by atoms with Gasteiger partial charge >= 0.3 is 0 Å². The van der Waals surface area contributed by atoms with Crippen molar-refractivity contribution in [3.63, 3.8) is 0 Å². The Kier molecular flexibility index (Phi) is 3.83. The monoisotopic (exact) mass is 383 g/mol. The van der Waals surface area contributed by atoms with Gasteiger partial charge in [-0.3, -0.25) is 0 Å². The highest BCUT2D eigenvalue weighted by Gasteiger charge is 2.30. The van der Waals surface area contributed by atoms with Crippen LogP contribution in [0, 0.1) is 12.8 Å². The van der Waals surface area contributed by atoms with Gasteiger partial charge in [-0.2, -0.15) is 0 Å². The predicted octanol–water partition coefficient (Wildman–Crippen LogP) is 7.84. The Bertz CT molecular complexity index is 1400. The van der Waals surface area contributed by atoms with Gasteiger partial charge in [-0.1, -0.05) is 90.6 Å². The first-order valence-corrected chi connectivity index (χ1v) is 10.7. The molecule has 3 aliphatic rings. The molecule has 0 spiro atoms. The minimum Gasteiger partial charge on any atom is -0.0687 e. The van der Waals surface area contributed by atoms with Crippen molar-refractivity contribution in [1.29, 1.82) is 0 Å². The third-order valence-corrected chi connectivity index (χ3v) is 6.68. The fourth-order valence-electron chi connectivity index (χ4n) is 5.14. The Labute approximate surface area is 177 Å². The summed E-state index contributed by atoms with van der Waals surface area (Å²) in [5.74, 6) is 1.59. The zero-order valence-corrected chi connectivity index (χ0v) is 17.3. The first kappa shape index (κ1) is 17.5. The lowest BCUT2D eigenvalue weighted by molar-refractivity contribution is 0.910. The SMILES string of the molecule is CC1=CC=C2C=C3C=CC=C[C]3C=C2C1c1c(C)ccc2cc3ccccc3cc12. The van der Waals surface area contributed by atoms with Crippen molar-refractivity contribution < 1.29 is 0 Å². The first-order chi connectivity index (χ1) is 14.7. The highest BCUT2D eigenvalue weighted by molar-refractivity contribution is 6.00. The summed E-state index contributed by atoms with van der Waals surface area (Å²) < 4.78 is 0. The zero-order chi connectivity index (χ0) is 20.2. The molecule has 143 valence electrons. The van der Waals surface area contributed by atoms with Gasteiger partial charge in [0.05, 0.1) is 0 Å². The van der Waals surface area contributed by atoms with Crippen LogP contribution in [0.5, 0.6) is 0 Å². The zero-order valence-electron chi connectivity index (χ0n) is 17.3. The molecular formula is C30H23. The molecule has 3 aliphatic carbocycles. The third kappa shape index (κ3) is 2.60. The molecular weight excluding hydrogens is 360 g/mol. The number of benzene rings is 3. The van der Waals surface area contributed by atoms with Crippen LogP contribution in [-0.4, -0.2) is 0 Å². The molecule has 30 heavy (non-hydrogen) atoms. The van der Waals surface area contributed by atoms with Crippen LogP contribution in [0.1, 0.15) is 24.0 Å². The van der Waals surface area contributed by atoms with E-state index in [0.29, 0.717) is 0 Å². The van der Waals surface area contributed by atoms with Crippen molar-refractivity contribution in [3.05, 3.63) is 136 Å². The van der Waals surface area contributed by atoms with Gasteiger partial charge in [-0.15, -0.1) is 0 Å². The topological polar surface area (TPSA) is 0 Å². The maximum atomic E-state index is 2.40. The molecule has 0 saturated carbocycles. The van der Waals surface area contributed by atoms with E-state index >= 15 is 0 Å². The average Bonchev–Trinajstić information content (AvgIpc) is 2.77. The van der Waals surface area contributed by atoms with E-state index in [1.165, 1.54) is 60.9 Å². The van der Waals surface area contributed by atoms with Crippen molar-refractivity contribution in [1.82, 2.24) is 0 Å². The minimum absolute atomic E-state index is 0.277. The number of hydrogen-bond donors (Lipinski definition) is 0. The van der Waals surface area contributed by atoms with Crippen LogP contribution in [0.4, 0.5) is 0 Å². The summed E-state index contributed by atoms with van der Waals surface area (Å²) >= 11 is 0. The van der Waals surface area contributed by atoms with Gasteiger partial charge in [0.1, 0.15) is 0 Å². The standard InChI is InChI=1S/C30H23/c1-19-11-13-25-15-21-7-3-5-9-23(21)17-27(25)29(19)30-20(2)12-14-26-16-22-8-4-6-10-24(22)18-28(26)30/h3-18,29H,1-2H3. The van der Waals surface area contributed by atoms with Crippen LogP contribution < -0.4 is 0 Å². The van der Waals surface area contributed by atoms with E-state index in [1.807, 2.05) is 0 Å². The molecule has 0 N–H and O–H groups in total. The summed E-state index contributed by atoms with van der Waals surface area (Å²) in [5, 5.41) is 5.29. The summed E-state index contributed by atoms with van der Waals surface area (Å²) in [6.07, 6.45) is 18.0. The number of fused-ring (bicyclic) bond motifs is 4. The maximum absolute atomic E-state index is 2.40. The third-order valence-electron chi connectivity index (χ3n) is 6.68. The van der Waals surface area contributed by atoms with E-state index in [0.717, 1.165) is 0 Å². The normalized spacial score (nSPS) is 20.4. The number of hydrogen-bond acceptors (Lipinski definition) is 0. The molecule has 1 unspecified atom stereocenters. The number of rotatable bonds is 1. The average molecular weight is 384 g/mol. The van der Waals surface area contributed by atoms with E-state index in [2.05, 4.69) is 111 Å². The minimum atomic E-state index is 0.277. The van der Waals surface area contributed by atoms with Gasteiger partial charge in [-0.25, -0.2) is 0 Å². The van der Waals surface area contributed by atoms with Crippen LogP contribution in [0.2, 0.25) is 0 Å². The van der Waals surface area contributed by atoms with Gasteiger partial charge in [0.15, 0.2) is 0 Å². The van der Waals surface area contributed by atoms with Crippen LogP contribution in [0.25, 0.3) is 21.5 Å². The summed E-state index contributed by atoms with van der Waals surface area (Å²) in [6, 6.07) is 18.0. The second-order valence-electron chi connectivity index (χ2n) is 8.56. The molecule has 6 rings (SSSR count). The molecule has 0 heteroatoms. The summed E-state index contributed by atoms with van der Waals surface area (Å²) in [7, 11) is 0. The highest BCUT2D eigenvalue weighted by atomic mass is 14.3. The van der Waals surface area contributed by atoms with Crippen molar-refractivity contribution in [2.24, 2.45) is 0 Å². The molecule has 0 nitrogen and oxygen atoms in total. The first-order valence-electron chi connectivity index (χ1n) is 10.7. The molecule has 0 saturated heterocycles. The second-order valence-corrected chi connectivity index (χ2v) is 8.56. The van der Waals surface area contributed by atoms with E-state index in [-0.39, 0.29) is 5.92 Å². The van der Waals surface area contributed by atoms with Crippen molar-refractivity contribution in [2.75, 3.05) is 0 Å². The maximum Gasteiger partial charge on any atom is 0.0488 e. The largest absolute Gasteiger partial charge is 0.0687 e. The molecule has 3 aromatic rings. The predicted molar refractivity (Wildman–Crippen MR) is 128 cm³/mol. The molecule has 0 aliphatic heterocycles. The smallest absolute Gasteiger partial charge is 0.0488 e. The second kappa shape index (κ2) is 6.57. The molecule has 1 radical (unpaired) electrons. The van der Waals surface area contributed by atoms with Crippen molar-refractivity contribution >= 4 is 21.5 Å². The van der Waals surface area contributed by atoms with Gasteiger partial charge in [0.25, 0.3) is 0 Å². The Hall–Kier alpha value is -3.38. The van der Waals surface area contributed by atoms with Crippen LogP contribution in [0.3, 0.4) is 0 Å². The lowest BCUT2D eigenvalue weighted by Gasteiger charge is -2.32. The molecule has 1 atom stereocenters. The highest BCUT2D eigenvalue weighted by Crippen LogP contribution is 2.47. The van der Waals surface area contributed by atoms with E-state index in [1.54, 1.807) is 0 Å². The van der Waals surface area contributed by atoms with Crippen LogP contribution >= 0.6 is 0 Å². The van der Waals surface area contributed by atoms with Gasteiger partial charge < -0.3 is 0 Å². The Morgan fingerprint density at radius 2 is 1.50 bits per heavy atom. The van der Waals surface area contributed by atoms with Gasteiger partial charge in [0.2, 0.25) is 0 Å². The Balaban J connectivity index is 1.60. The fraction of sp³-hybridized carbons (Fsp3) is 0.100. The van der Waals surface area contributed by atoms with E-state index in [4.69, 9.17) is 0 Å². The summed E-state index contributed by atoms with van der Waals surface area (Å²) in [6.45, 7) is 4.54. The molecule has 3 aromatic carbocycles. The van der Waals surface area contributed by atoms with E-state index in [9.17, 15) is 0 Å². The summed E-state index contributed by atoms with van der Waals surface area (Å²) in [4.78, 5) is 0. The Morgan fingerprint density at radius 1 is 0.700 bits per heavy atom. The number of allylic oxidation sites excluding steroid dienone is 12. The molecule has 0 bridgehead atoms. The van der Waals surface area contributed by atoms with E-state index < -0.39 is 0 Å². The molecule has 0 fully saturated rings. The van der Waals surface area contributed by atoms with Crippen LogP contribution in [0.15, 0.2) is 119 Å². The molecule has 0 amide bonds. The fourth-order valence-corrected chi connectivity index (χ4v) is 5.14.